The van der Waals surface area contributed by atoms with Crippen LogP contribution in [0.2, 0.25) is 0 Å². The van der Waals surface area contributed by atoms with Crippen LogP contribution in [0.4, 0.5) is 4.39 Å². The summed E-state index contributed by atoms with van der Waals surface area (Å²) in [5, 5.41) is 3.40. The number of nitrogens with one attached hydrogen (secondary N) is 1. The maximum atomic E-state index is 13.9. The van der Waals surface area contributed by atoms with E-state index in [2.05, 4.69) is 20.1 Å². The number of hydrogen-bond acceptors (Lipinski definition) is 4. The van der Waals surface area contributed by atoms with E-state index < -0.39 is 0 Å². The molecule has 3 aliphatic heterocycles. The highest BCUT2D eigenvalue weighted by atomic mass is 127. The summed E-state index contributed by atoms with van der Waals surface area (Å²) in [4.78, 5) is 9.40. The van der Waals surface area contributed by atoms with Gasteiger partial charge in [-0.25, -0.2) is 4.39 Å². The van der Waals surface area contributed by atoms with Gasteiger partial charge in [0.1, 0.15) is 11.6 Å². The molecule has 0 spiro atoms. The molecule has 0 radical (unpaired) electrons. The minimum atomic E-state index is -0.263. The predicted molar refractivity (Wildman–Crippen MR) is 118 cm³/mol. The second-order valence-electron chi connectivity index (χ2n) is 7.55. The van der Waals surface area contributed by atoms with Crippen LogP contribution in [0.15, 0.2) is 17.1 Å². The Hall–Kier alpha value is -1.13. The molecule has 2 fully saturated rings. The van der Waals surface area contributed by atoms with E-state index in [1.165, 1.54) is 50.9 Å². The third kappa shape index (κ3) is 4.88. The lowest BCUT2D eigenvalue weighted by Gasteiger charge is -2.32. The van der Waals surface area contributed by atoms with Crippen LogP contribution in [0.25, 0.3) is 0 Å². The van der Waals surface area contributed by atoms with Crippen molar-refractivity contribution >= 4 is 29.9 Å². The Balaban J connectivity index is 0.00000225. The average Bonchev–Trinajstić information content (AvgIpc) is 3.19. The fourth-order valence-electron chi connectivity index (χ4n) is 4.41. The van der Waals surface area contributed by atoms with Crippen molar-refractivity contribution in [1.82, 2.24) is 15.1 Å². The van der Waals surface area contributed by atoms with Gasteiger partial charge in [-0.15, -0.1) is 24.0 Å². The van der Waals surface area contributed by atoms with Crippen molar-refractivity contribution in [3.05, 3.63) is 29.1 Å². The highest BCUT2D eigenvalue weighted by Crippen LogP contribution is 2.29. The Labute approximate surface area is 183 Å². The molecule has 1 aromatic carbocycles. The Morgan fingerprint density at radius 3 is 2.86 bits per heavy atom. The van der Waals surface area contributed by atoms with Gasteiger partial charge < -0.3 is 19.7 Å². The summed E-state index contributed by atoms with van der Waals surface area (Å²) in [6, 6.07) is 3.63. The summed E-state index contributed by atoms with van der Waals surface area (Å²) < 4.78 is 24.8. The lowest BCUT2D eigenvalue weighted by atomic mass is 10.1. The van der Waals surface area contributed by atoms with Gasteiger partial charge in [-0.1, -0.05) is 6.42 Å². The summed E-state index contributed by atoms with van der Waals surface area (Å²) in [5.74, 6) is 1.35. The first-order valence-electron chi connectivity index (χ1n) is 9.96. The van der Waals surface area contributed by atoms with Gasteiger partial charge in [0.05, 0.1) is 6.61 Å². The first kappa shape index (κ1) is 21.6. The minimum Gasteiger partial charge on any atom is -0.467 e. The molecule has 28 heavy (non-hydrogen) atoms. The van der Waals surface area contributed by atoms with Crippen LogP contribution in [0.1, 0.15) is 36.8 Å². The number of nitrogens with zero attached hydrogens (tertiary/aromatic N) is 3. The number of halogens is 2. The SMILES string of the molecule is CN=C(NCc1cc(F)cc2c1OCOC2)N1CCC(N2CCCCC2)C1.I. The molecule has 1 aromatic rings. The van der Waals surface area contributed by atoms with E-state index in [1.54, 1.807) is 0 Å². The lowest BCUT2D eigenvalue weighted by molar-refractivity contribution is -0.0173. The molecule has 3 aliphatic rings. The summed E-state index contributed by atoms with van der Waals surface area (Å²) in [7, 11) is 1.81. The van der Waals surface area contributed by atoms with Crippen molar-refractivity contribution in [3.8, 4) is 5.75 Å². The van der Waals surface area contributed by atoms with Crippen molar-refractivity contribution in [3.63, 3.8) is 0 Å². The molecule has 2 saturated heterocycles. The van der Waals surface area contributed by atoms with Crippen molar-refractivity contribution in [2.75, 3.05) is 40.0 Å². The van der Waals surface area contributed by atoms with Gasteiger partial charge in [0.2, 0.25) is 0 Å². The zero-order valence-electron chi connectivity index (χ0n) is 16.5. The van der Waals surface area contributed by atoms with E-state index in [-0.39, 0.29) is 36.6 Å². The van der Waals surface area contributed by atoms with Crippen molar-refractivity contribution in [1.29, 1.82) is 0 Å². The summed E-state index contributed by atoms with van der Waals surface area (Å²) in [5.41, 5.74) is 1.57. The van der Waals surface area contributed by atoms with Crippen molar-refractivity contribution in [2.45, 2.75) is 44.9 Å². The van der Waals surface area contributed by atoms with E-state index in [0.717, 1.165) is 35.9 Å². The van der Waals surface area contributed by atoms with E-state index in [0.29, 0.717) is 19.2 Å². The number of hydrogen-bond donors (Lipinski definition) is 1. The Morgan fingerprint density at radius 2 is 2.07 bits per heavy atom. The van der Waals surface area contributed by atoms with E-state index in [4.69, 9.17) is 9.47 Å². The number of fused-ring (bicyclic) bond motifs is 1. The molecule has 8 heteroatoms. The Bertz CT molecular complexity index is 697. The van der Waals surface area contributed by atoms with Crippen LogP contribution in [0.3, 0.4) is 0 Å². The molecule has 1 atom stereocenters. The second-order valence-corrected chi connectivity index (χ2v) is 7.55. The first-order valence-corrected chi connectivity index (χ1v) is 9.96. The van der Waals surface area contributed by atoms with Crippen molar-refractivity contribution < 1.29 is 13.9 Å². The molecule has 4 rings (SSSR count). The Kier molecular flexibility index (Phi) is 7.76. The van der Waals surface area contributed by atoms with Gasteiger partial charge in [0.15, 0.2) is 12.8 Å². The van der Waals surface area contributed by atoms with Crippen LogP contribution < -0.4 is 10.1 Å². The number of ether oxygens (including phenoxy) is 2. The fraction of sp³-hybridized carbons (Fsp3) is 0.650. The molecule has 1 N–H and O–H groups in total. The van der Waals surface area contributed by atoms with Gasteiger partial charge in [-0.2, -0.15) is 0 Å². The average molecular weight is 504 g/mol. The normalized spacial score (nSPS) is 23.0. The molecule has 0 saturated carbocycles. The molecule has 156 valence electrons. The van der Waals surface area contributed by atoms with Gasteiger partial charge >= 0.3 is 0 Å². The highest BCUT2D eigenvalue weighted by Gasteiger charge is 2.30. The zero-order chi connectivity index (χ0) is 18.6. The number of piperidine rings is 1. The Morgan fingerprint density at radius 1 is 1.25 bits per heavy atom. The molecular weight excluding hydrogens is 474 g/mol. The zero-order valence-corrected chi connectivity index (χ0v) is 18.8. The molecule has 6 nitrogen and oxygen atoms in total. The molecule has 0 aliphatic carbocycles. The quantitative estimate of drug-likeness (QED) is 0.390. The summed E-state index contributed by atoms with van der Waals surface area (Å²) >= 11 is 0. The molecule has 3 heterocycles. The number of likely N-dealkylation sites (tertiary alicyclic amines) is 2. The first-order chi connectivity index (χ1) is 13.2. The van der Waals surface area contributed by atoms with Crippen LogP contribution >= 0.6 is 24.0 Å². The topological polar surface area (TPSA) is 49.3 Å². The predicted octanol–water partition coefficient (Wildman–Crippen LogP) is 2.95. The van der Waals surface area contributed by atoms with Crippen molar-refractivity contribution in [2.24, 2.45) is 4.99 Å². The smallest absolute Gasteiger partial charge is 0.193 e. The minimum absolute atomic E-state index is 0. The number of benzene rings is 1. The molecule has 0 bridgehead atoms. The van der Waals surface area contributed by atoms with Gasteiger partial charge in [-0.05, 0) is 44.5 Å². The summed E-state index contributed by atoms with van der Waals surface area (Å²) in [6.07, 6.45) is 5.17. The van der Waals surface area contributed by atoms with E-state index in [1.807, 2.05) is 7.05 Å². The van der Waals surface area contributed by atoms with Gasteiger partial charge in [-0.3, -0.25) is 9.89 Å². The van der Waals surface area contributed by atoms with Crippen LogP contribution in [-0.4, -0.2) is 61.8 Å². The third-order valence-electron chi connectivity index (χ3n) is 5.77. The molecule has 1 unspecified atom stereocenters. The maximum Gasteiger partial charge on any atom is 0.193 e. The molecule has 0 aromatic heterocycles. The molecule has 0 amide bonds. The van der Waals surface area contributed by atoms with E-state index in [9.17, 15) is 4.39 Å². The summed E-state index contributed by atoms with van der Waals surface area (Å²) in [6.45, 7) is 5.54. The highest BCUT2D eigenvalue weighted by molar-refractivity contribution is 14.0. The van der Waals surface area contributed by atoms with Gasteiger partial charge in [0, 0.05) is 43.9 Å². The largest absolute Gasteiger partial charge is 0.467 e. The standard InChI is InChI=1S/C20H29FN4O2.HI/c1-22-20(25-8-5-18(12-25)24-6-3-2-4-7-24)23-11-15-9-17(21)10-16-13-26-14-27-19(15)16;/h9-10,18H,2-8,11-14H2,1H3,(H,22,23);1H. The fourth-order valence-corrected chi connectivity index (χ4v) is 4.41. The van der Waals surface area contributed by atoms with Crippen LogP contribution in [0.5, 0.6) is 5.75 Å². The number of rotatable bonds is 3. The second kappa shape index (κ2) is 10.1. The maximum absolute atomic E-state index is 13.9. The monoisotopic (exact) mass is 504 g/mol. The van der Waals surface area contributed by atoms with Crippen LogP contribution in [0, 0.1) is 5.82 Å². The van der Waals surface area contributed by atoms with Crippen LogP contribution in [-0.2, 0) is 17.9 Å². The number of aliphatic imine (C=N–C) groups is 1. The molecular formula is C20H30FIN4O2. The van der Waals surface area contributed by atoms with E-state index >= 15 is 0 Å². The number of guanidine groups is 1. The van der Waals surface area contributed by atoms with Gasteiger partial charge in [0.25, 0.3) is 0 Å². The third-order valence-corrected chi connectivity index (χ3v) is 5.77. The lowest BCUT2D eigenvalue weighted by Crippen LogP contribution is -2.44.